The zero-order valence-corrected chi connectivity index (χ0v) is 18.3. The normalized spacial score (nSPS) is 14.5. The first-order valence-electron chi connectivity index (χ1n) is 8.96. The SMILES string of the molecule is CN=C(NCCC(=O)NC1CCCC1)N(C)Cc1ccc(OC)cc1.I. The van der Waals surface area contributed by atoms with E-state index >= 15 is 0 Å². The van der Waals surface area contributed by atoms with Gasteiger partial charge in [0.2, 0.25) is 5.91 Å². The number of amides is 1. The minimum atomic E-state index is 0. The van der Waals surface area contributed by atoms with E-state index in [9.17, 15) is 4.79 Å². The van der Waals surface area contributed by atoms with Crippen molar-refractivity contribution in [3.63, 3.8) is 0 Å². The highest BCUT2D eigenvalue weighted by molar-refractivity contribution is 14.0. The molecule has 0 aromatic heterocycles. The van der Waals surface area contributed by atoms with Crippen molar-refractivity contribution in [3.8, 4) is 5.75 Å². The Balaban J connectivity index is 0.00000338. The number of nitrogens with one attached hydrogen (secondary N) is 2. The molecule has 0 spiro atoms. The molecule has 1 saturated carbocycles. The average molecular weight is 474 g/mol. The maximum atomic E-state index is 12.0. The molecule has 1 fully saturated rings. The van der Waals surface area contributed by atoms with Gasteiger partial charge in [0.05, 0.1) is 7.11 Å². The third-order valence-electron chi connectivity index (χ3n) is 4.51. The van der Waals surface area contributed by atoms with E-state index in [4.69, 9.17) is 4.74 Å². The second-order valence-corrected chi connectivity index (χ2v) is 6.48. The average Bonchev–Trinajstić information content (AvgIpc) is 3.12. The molecule has 6 nitrogen and oxygen atoms in total. The Kier molecular flexibility index (Phi) is 10.4. The fraction of sp³-hybridized carbons (Fsp3) is 0.579. The van der Waals surface area contributed by atoms with E-state index in [0.29, 0.717) is 19.0 Å². The predicted octanol–water partition coefficient (Wildman–Crippen LogP) is 2.77. The topological polar surface area (TPSA) is 66.0 Å². The number of methoxy groups -OCH3 is 1. The Hall–Kier alpha value is -1.51. The Morgan fingerprint density at radius 3 is 2.50 bits per heavy atom. The van der Waals surface area contributed by atoms with E-state index in [0.717, 1.165) is 31.1 Å². The van der Waals surface area contributed by atoms with Gasteiger partial charge in [-0.2, -0.15) is 0 Å². The van der Waals surface area contributed by atoms with Crippen LogP contribution in [0.3, 0.4) is 0 Å². The monoisotopic (exact) mass is 474 g/mol. The van der Waals surface area contributed by atoms with Crippen LogP contribution in [0.4, 0.5) is 0 Å². The van der Waals surface area contributed by atoms with Crippen molar-refractivity contribution in [2.75, 3.05) is 27.7 Å². The third kappa shape index (κ3) is 7.39. The summed E-state index contributed by atoms with van der Waals surface area (Å²) in [4.78, 5) is 18.3. The van der Waals surface area contributed by atoms with E-state index in [-0.39, 0.29) is 29.9 Å². The summed E-state index contributed by atoms with van der Waals surface area (Å²) >= 11 is 0. The molecule has 0 aliphatic heterocycles. The van der Waals surface area contributed by atoms with Gasteiger partial charge in [0.15, 0.2) is 5.96 Å². The van der Waals surface area contributed by atoms with Crippen molar-refractivity contribution in [1.29, 1.82) is 0 Å². The Bertz CT molecular complexity index is 571. The number of hydrogen-bond donors (Lipinski definition) is 2. The second kappa shape index (κ2) is 12.0. The van der Waals surface area contributed by atoms with Crippen molar-refractivity contribution in [3.05, 3.63) is 29.8 Å². The van der Waals surface area contributed by atoms with E-state index in [2.05, 4.69) is 15.6 Å². The van der Waals surface area contributed by atoms with E-state index < -0.39 is 0 Å². The van der Waals surface area contributed by atoms with Gasteiger partial charge in [-0.05, 0) is 30.5 Å². The van der Waals surface area contributed by atoms with Crippen molar-refractivity contribution in [1.82, 2.24) is 15.5 Å². The molecule has 0 saturated heterocycles. The highest BCUT2D eigenvalue weighted by atomic mass is 127. The quantitative estimate of drug-likeness (QED) is 0.363. The largest absolute Gasteiger partial charge is 0.497 e. The maximum Gasteiger partial charge on any atom is 0.221 e. The predicted molar refractivity (Wildman–Crippen MR) is 116 cm³/mol. The third-order valence-corrected chi connectivity index (χ3v) is 4.51. The Labute approximate surface area is 173 Å². The lowest BCUT2D eigenvalue weighted by Gasteiger charge is -2.22. The van der Waals surface area contributed by atoms with Gasteiger partial charge in [0.25, 0.3) is 0 Å². The van der Waals surface area contributed by atoms with Crippen LogP contribution in [-0.2, 0) is 11.3 Å². The number of rotatable bonds is 7. The number of carbonyl (C=O) groups excluding carboxylic acids is 1. The molecule has 1 aliphatic carbocycles. The first kappa shape index (κ1) is 22.5. The van der Waals surface area contributed by atoms with Crippen LogP contribution in [0.1, 0.15) is 37.7 Å². The van der Waals surface area contributed by atoms with Crippen LogP contribution in [0.15, 0.2) is 29.3 Å². The lowest BCUT2D eigenvalue weighted by Crippen LogP contribution is -2.41. The van der Waals surface area contributed by atoms with Gasteiger partial charge in [0.1, 0.15) is 5.75 Å². The minimum absolute atomic E-state index is 0. The molecule has 1 aliphatic rings. The number of benzene rings is 1. The molecule has 1 aromatic rings. The van der Waals surface area contributed by atoms with Crippen molar-refractivity contribution in [2.24, 2.45) is 4.99 Å². The summed E-state index contributed by atoms with van der Waals surface area (Å²) in [5, 5.41) is 6.36. The molecule has 1 amide bonds. The molecule has 2 rings (SSSR count). The molecule has 0 atom stereocenters. The standard InChI is InChI=1S/C19H30N4O2.HI/c1-20-19(21-13-12-18(24)22-16-6-4-5-7-16)23(2)14-15-8-10-17(25-3)11-9-15;/h8-11,16H,4-7,12-14H2,1-3H3,(H,20,21)(H,22,24);1H. The number of halogens is 1. The molecular formula is C19H31IN4O2. The van der Waals surface area contributed by atoms with Gasteiger partial charge < -0.3 is 20.3 Å². The molecule has 0 radical (unpaired) electrons. The zero-order valence-electron chi connectivity index (χ0n) is 16.0. The first-order valence-corrected chi connectivity index (χ1v) is 8.96. The second-order valence-electron chi connectivity index (χ2n) is 6.48. The lowest BCUT2D eigenvalue weighted by molar-refractivity contribution is -0.121. The van der Waals surface area contributed by atoms with Crippen LogP contribution in [0.25, 0.3) is 0 Å². The summed E-state index contributed by atoms with van der Waals surface area (Å²) in [7, 11) is 5.40. The molecule has 0 bridgehead atoms. The van der Waals surface area contributed by atoms with Gasteiger partial charge in [0, 0.05) is 39.6 Å². The summed E-state index contributed by atoms with van der Waals surface area (Å²) in [5.41, 5.74) is 1.17. The molecule has 26 heavy (non-hydrogen) atoms. The van der Waals surface area contributed by atoms with Crippen LogP contribution < -0.4 is 15.4 Å². The number of carbonyl (C=O) groups is 1. The van der Waals surface area contributed by atoms with Gasteiger partial charge in [-0.15, -0.1) is 24.0 Å². The van der Waals surface area contributed by atoms with Crippen LogP contribution in [-0.4, -0.2) is 50.6 Å². The minimum Gasteiger partial charge on any atom is -0.497 e. The number of guanidine groups is 1. The lowest BCUT2D eigenvalue weighted by atomic mass is 10.2. The number of aliphatic imine (C=N–C) groups is 1. The van der Waals surface area contributed by atoms with Gasteiger partial charge >= 0.3 is 0 Å². The molecular weight excluding hydrogens is 443 g/mol. The van der Waals surface area contributed by atoms with E-state index in [1.165, 1.54) is 18.4 Å². The van der Waals surface area contributed by atoms with Crippen molar-refractivity contribution >= 4 is 35.8 Å². The van der Waals surface area contributed by atoms with E-state index in [1.54, 1.807) is 14.2 Å². The molecule has 2 N–H and O–H groups in total. The maximum absolute atomic E-state index is 12.0. The fourth-order valence-electron chi connectivity index (χ4n) is 3.12. The van der Waals surface area contributed by atoms with Crippen LogP contribution in [0.2, 0.25) is 0 Å². The summed E-state index contributed by atoms with van der Waals surface area (Å²) in [6, 6.07) is 8.36. The summed E-state index contributed by atoms with van der Waals surface area (Å²) in [6.07, 6.45) is 5.15. The highest BCUT2D eigenvalue weighted by Gasteiger charge is 2.16. The molecule has 146 valence electrons. The Morgan fingerprint density at radius 2 is 1.92 bits per heavy atom. The van der Waals surface area contributed by atoms with E-state index in [1.807, 2.05) is 36.2 Å². The highest BCUT2D eigenvalue weighted by Crippen LogP contribution is 2.17. The number of ether oxygens (including phenoxy) is 1. The van der Waals surface area contributed by atoms with Crippen molar-refractivity contribution < 1.29 is 9.53 Å². The van der Waals surface area contributed by atoms with Crippen LogP contribution in [0, 0.1) is 0 Å². The Morgan fingerprint density at radius 1 is 1.27 bits per heavy atom. The van der Waals surface area contributed by atoms with Crippen molar-refractivity contribution in [2.45, 2.75) is 44.7 Å². The molecule has 1 aromatic carbocycles. The van der Waals surface area contributed by atoms with Gasteiger partial charge in [-0.25, -0.2) is 0 Å². The number of nitrogens with zero attached hydrogens (tertiary/aromatic N) is 2. The van der Waals surface area contributed by atoms with Gasteiger partial charge in [-0.3, -0.25) is 9.79 Å². The molecule has 0 unspecified atom stereocenters. The molecule has 7 heteroatoms. The van der Waals surface area contributed by atoms with Gasteiger partial charge in [-0.1, -0.05) is 25.0 Å². The first-order chi connectivity index (χ1) is 12.1. The smallest absolute Gasteiger partial charge is 0.221 e. The summed E-state index contributed by atoms with van der Waals surface area (Å²) in [5.74, 6) is 1.75. The summed E-state index contributed by atoms with van der Waals surface area (Å²) < 4.78 is 5.18. The fourth-order valence-corrected chi connectivity index (χ4v) is 3.12. The van der Waals surface area contributed by atoms with Crippen LogP contribution >= 0.6 is 24.0 Å². The molecule has 0 heterocycles. The summed E-state index contributed by atoms with van der Waals surface area (Å²) in [6.45, 7) is 1.32. The van der Waals surface area contributed by atoms with Crippen LogP contribution in [0.5, 0.6) is 5.75 Å². The number of hydrogen-bond acceptors (Lipinski definition) is 3. The zero-order chi connectivity index (χ0) is 18.1.